The summed E-state index contributed by atoms with van der Waals surface area (Å²) in [6, 6.07) is 1.93. The monoisotopic (exact) mass is 389 g/mol. The minimum absolute atomic E-state index is 0.167. The van der Waals surface area contributed by atoms with E-state index in [4.69, 9.17) is 0 Å². The topological polar surface area (TPSA) is 46.2 Å². The molecule has 3 fully saturated rings. The molecule has 5 unspecified atom stereocenters. The van der Waals surface area contributed by atoms with E-state index in [1.54, 1.807) is 6.07 Å². The van der Waals surface area contributed by atoms with Crippen LogP contribution in [0.1, 0.15) is 37.7 Å². The van der Waals surface area contributed by atoms with Gasteiger partial charge in [0.2, 0.25) is 10.0 Å². The summed E-state index contributed by atoms with van der Waals surface area (Å²) >= 11 is 4.73. The lowest BCUT2D eigenvalue weighted by molar-refractivity contribution is 0.224. The Balaban J connectivity index is 1.54. The minimum Gasteiger partial charge on any atom is -0.207 e. The number of hydrogen-bond acceptors (Lipinski definition) is 3. The van der Waals surface area contributed by atoms with Crippen molar-refractivity contribution in [2.45, 2.75) is 49.3 Å². The Kier molecular flexibility index (Phi) is 3.52. The summed E-state index contributed by atoms with van der Waals surface area (Å²) in [6.45, 7) is 1.93. The molecule has 1 aromatic rings. The zero-order chi connectivity index (χ0) is 14.8. The van der Waals surface area contributed by atoms with Crippen LogP contribution in [-0.4, -0.2) is 14.5 Å². The van der Waals surface area contributed by atoms with Crippen LogP contribution in [0.4, 0.5) is 0 Å². The number of aryl methyl sites for hydroxylation is 1. The maximum Gasteiger partial charge on any atom is 0.250 e. The van der Waals surface area contributed by atoms with Crippen LogP contribution in [0.3, 0.4) is 0 Å². The molecular formula is C15H20BrNO2S2. The summed E-state index contributed by atoms with van der Waals surface area (Å²) in [5.74, 6) is 3.04. The van der Waals surface area contributed by atoms with Gasteiger partial charge in [-0.25, -0.2) is 13.1 Å². The molecule has 3 nitrogen and oxygen atoms in total. The second kappa shape index (κ2) is 5.05. The van der Waals surface area contributed by atoms with Crippen LogP contribution in [0.5, 0.6) is 0 Å². The predicted molar refractivity (Wildman–Crippen MR) is 87.9 cm³/mol. The van der Waals surface area contributed by atoms with E-state index in [1.807, 2.05) is 6.92 Å². The zero-order valence-electron chi connectivity index (χ0n) is 12.0. The van der Waals surface area contributed by atoms with Gasteiger partial charge in [0.15, 0.2) is 0 Å². The van der Waals surface area contributed by atoms with Gasteiger partial charge >= 0.3 is 0 Å². The molecule has 6 heteroatoms. The van der Waals surface area contributed by atoms with Crippen LogP contribution in [0, 0.1) is 30.6 Å². The molecule has 0 aliphatic heterocycles. The number of rotatable bonds is 3. The van der Waals surface area contributed by atoms with Gasteiger partial charge in [-0.15, -0.1) is 11.3 Å². The molecule has 3 saturated carbocycles. The number of thiophene rings is 1. The summed E-state index contributed by atoms with van der Waals surface area (Å²) < 4.78 is 29.6. The van der Waals surface area contributed by atoms with Crippen LogP contribution in [0.25, 0.3) is 0 Å². The smallest absolute Gasteiger partial charge is 0.207 e. The van der Waals surface area contributed by atoms with Gasteiger partial charge in [0, 0.05) is 6.04 Å². The fourth-order valence-electron chi connectivity index (χ4n) is 5.03. The van der Waals surface area contributed by atoms with E-state index in [2.05, 4.69) is 20.7 Å². The molecular weight excluding hydrogens is 370 g/mol. The van der Waals surface area contributed by atoms with Gasteiger partial charge in [0.05, 0.1) is 3.79 Å². The van der Waals surface area contributed by atoms with Gasteiger partial charge in [0.25, 0.3) is 0 Å². The second-order valence-corrected chi connectivity index (χ2v) is 11.2. The molecule has 3 aliphatic carbocycles. The van der Waals surface area contributed by atoms with E-state index in [-0.39, 0.29) is 6.04 Å². The van der Waals surface area contributed by atoms with Gasteiger partial charge < -0.3 is 0 Å². The highest BCUT2D eigenvalue weighted by Crippen LogP contribution is 2.58. The van der Waals surface area contributed by atoms with E-state index < -0.39 is 10.0 Å². The average molecular weight is 390 g/mol. The SMILES string of the molecule is Cc1cc(S(=O)(=O)NC2CC3CC2C2CCCC32)sc1Br. The van der Waals surface area contributed by atoms with Crippen molar-refractivity contribution in [3.05, 3.63) is 15.4 Å². The summed E-state index contributed by atoms with van der Waals surface area (Å²) in [6.07, 6.45) is 6.33. The van der Waals surface area contributed by atoms with Crippen LogP contribution >= 0.6 is 27.3 Å². The van der Waals surface area contributed by atoms with Crippen LogP contribution in [0.15, 0.2) is 14.1 Å². The summed E-state index contributed by atoms with van der Waals surface area (Å²) in [7, 11) is -3.36. The molecule has 0 aromatic carbocycles. The quantitative estimate of drug-likeness (QED) is 0.850. The van der Waals surface area contributed by atoms with Crippen molar-refractivity contribution in [1.82, 2.24) is 4.72 Å². The normalized spacial score (nSPS) is 38.1. The van der Waals surface area contributed by atoms with Crippen LogP contribution < -0.4 is 4.72 Å². The molecule has 3 aliphatic rings. The molecule has 2 bridgehead atoms. The van der Waals surface area contributed by atoms with E-state index in [0.717, 1.165) is 33.5 Å². The Hall–Kier alpha value is 0.0900. The Morgan fingerprint density at radius 2 is 2.00 bits per heavy atom. The number of nitrogens with one attached hydrogen (secondary N) is 1. The van der Waals surface area contributed by atoms with Crippen LogP contribution in [-0.2, 0) is 10.0 Å². The van der Waals surface area contributed by atoms with E-state index in [0.29, 0.717) is 10.1 Å². The van der Waals surface area contributed by atoms with Crippen molar-refractivity contribution in [2.24, 2.45) is 23.7 Å². The number of halogens is 1. The maximum absolute atomic E-state index is 12.6. The van der Waals surface area contributed by atoms with Gasteiger partial charge in [-0.3, -0.25) is 0 Å². The molecule has 0 amide bonds. The third kappa shape index (κ3) is 2.33. The first kappa shape index (κ1) is 14.7. The summed E-state index contributed by atoms with van der Waals surface area (Å²) in [5, 5.41) is 0. The van der Waals surface area contributed by atoms with Gasteiger partial charge in [-0.1, -0.05) is 6.42 Å². The first-order valence-electron chi connectivity index (χ1n) is 7.74. The Labute approximate surface area is 138 Å². The standard InChI is InChI=1S/C15H20BrNO2S2/c1-8-5-14(20-15(8)16)21(18,19)17-13-7-9-6-12(13)11-4-2-3-10(9)11/h5,9-13,17H,2-4,6-7H2,1H3. The fourth-order valence-corrected chi connectivity index (χ4v) is 8.57. The molecule has 1 N–H and O–H groups in total. The van der Waals surface area contributed by atoms with Gasteiger partial charge in [-0.05, 0) is 83.8 Å². The highest BCUT2D eigenvalue weighted by atomic mass is 79.9. The second-order valence-electron chi connectivity index (χ2n) is 6.90. The third-order valence-corrected chi connectivity index (χ3v) is 9.93. The van der Waals surface area contributed by atoms with Crippen molar-refractivity contribution in [2.75, 3.05) is 0 Å². The van der Waals surface area contributed by atoms with E-state index in [1.165, 1.54) is 37.0 Å². The van der Waals surface area contributed by atoms with Crippen molar-refractivity contribution < 1.29 is 8.42 Å². The lowest BCUT2D eigenvalue weighted by Crippen LogP contribution is -2.42. The Morgan fingerprint density at radius 3 is 2.71 bits per heavy atom. The number of sulfonamides is 1. The largest absolute Gasteiger partial charge is 0.250 e. The maximum atomic E-state index is 12.6. The molecule has 0 saturated heterocycles. The Morgan fingerprint density at radius 1 is 1.24 bits per heavy atom. The van der Waals surface area contributed by atoms with E-state index in [9.17, 15) is 8.42 Å². The van der Waals surface area contributed by atoms with Crippen molar-refractivity contribution in [3.8, 4) is 0 Å². The highest BCUT2D eigenvalue weighted by molar-refractivity contribution is 9.11. The molecule has 1 aromatic heterocycles. The Bertz CT molecular complexity index is 650. The summed E-state index contributed by atoms with van der Waals surface area (Å²) in [4.78, 5) is 0. The molecule has 1 heterocycles. The molecule has 5 atom stereocenters. The first-order chi connectivity index (χ1) is 9.95. The lowest BCUT2D eigenvalue weighted by Gasteiger charge is -2.31. The molecule has 4 rings (SSSR count). The predicted octanol–water partition coefficient (Wildman–Crippen LogP) is 3.92. The molecule has 116 valence electrons. The summed E-state index contributed by atoms with van der Waals surface area (Å²) in [5.41, 5.74) is 0.990. The van der Waals surface area contributed by atoms with Gasteiger partial charge in [-0.2, -0.15) is 0 Å². The molecule has 0 radical (unpaired) electrons. The molecule has 0 spiro atoms. The highest BCUT2D eigenvalue weighted by Gasteiger charge is 2.54. The molecule has 21 heavy (non-hydrogen) atoms. The van der Waals surface area contributed by atoms with E-state index >= 15 is 0 Å². The van der Waals surface area contributed by atoms with Crippen molar-refractivity contribution in [1.29, 1.82) is 0 Å². The number of fused-ring (bicyclic) bond motifs is 5. The first-order valence-corrected chi connectivity index (χ1v) is 10.8. The fraction of sp³-hybridized carbons (Fsp3) is 0.733. The average Bonchev–Trinajstić information content (AvgIpc) is 3.11. The number of hydrogen-bond donors (Lipinski definition) is 1. The van der Waals surface area contributed by atoms with Crippen molar-refractivity contribution in [3.63, 3.8) is 0 Å². The third-order valence-electron chi connectivity index (χ3n) is 5.83. The van der Waals surface area contributed by atoms with Gasteiger partial charge in [0.1, 0.15) is 4.21 Å². The van der Waals surface area contributed by atoms with Crippen molar-refractivity contribution >= 4 is 37.3 Å². The zero-order valence-corrected chi connectivity index (χ0v) is 15.2. The lowest BCUT2D eigenvalue weighted by atomic mass is 9.79. The van der Waals surface area contributed by atoms with Crippen LogP contribution in [0.2, 0.25) is 0 Å². The minimum atomic E-state index is -3.36.